The Morgan fingerprint density at radius 3 is 2.56 bits per heavy atom. The summed E-state index contributed by atoms with van der Waals surface area (Å²) >= 11 is 5.97. The van der Waals surface area contributed by atoms with Gasteiger partial charge in [-0.2, -0.15) is 18.3 Å². The molecule has 2 fully saturated rings. The van der Waals surface area contributed by atoms with Crippen molar-refractivity contribution < 1.29 is 31.8 Å². The summed E-state index contributed by atoms with van der Waals surface area (Å²) in [5.41, 5.74) is 3.17. The van der Waals surface area contributed by atoms with Crippen molar-refractivity contribution in [1.82, 2.24) is 30.0 Å². The van der Waals surface area contributed by atoms with Gasteiger partial charge in [-0.3, -0.25) is 19.8 Å². The summed E-state index contributed by atoms with van der Waals surface area (Å²) < 4.78 is 66.9. The highest BCUT2D eigenvalue weighted by Crippen LogP contribution is 2.50. The third-order valence-corrected chi connectivity index (χ3v) is 9.74. The summed E-state index contributed by atoms with van der Waals surface area (Å²) in [4.78, 5) is 25.1. The van der Waals surface area contributed by atoms with E-state index in [2.05, 4.69) is 20.0 Å². The third-order valence-electron chi connectivity index (χ3n) is 9.51. The molecule has 1 amide bonds. The topological polar surface area (TPSA) is 96.5 Å². The fraction of sp³-hybridized carbons (Fsp3) is 0.412. The fourth-order valence-corrected chi connectivity index (χ4v) is 7.06. The van der Waals surface area contributed by atoms with Crippen LogP contribution in [0.25, 0.3) is 11.4 Å². The van der Waals surface area contributed by atoms with Crippen LogP contribution in [0.5, 0.6) is 11.5 Å². The second-order valence-electron chi connectivity index (χ2n) is 12.8. The van der Waals surface area contributed by atoms with E-state index in [1.165, 1.54) is 12.3 Å². The molecule has 2 atom stereocenters. The monoisotopic (exact) mass is 684 g/mol. The molecule has 0 spiro atoms. The number of carbonyl (C=O) groups is 1. The first-order chi connectivity index (χ1) is 22.9. The van der Waals surface area contributed by atoms with Crippen LogP contribution in [0.2, 0.25) is 5.02 Å². The maximum absolute atomic E-state index is 14.9. The van der Waals surface area contributed by atoms with E-state index in [4.69, 9.17) is 21.1 Å². The Labute approximate surface area is 279 Å². The molecule has 5 heterocycles. The number of piperidine rings is 1. The van der Waals surface area contributed by atoms with Crippen molar-refractivity contribution in [3.63, 3.8) is 0 Å². The number of benzene rings is 2. The van der Waals surface area contributed by atoms with Crippen molar-refractivity contribution in [2.75, 3.05) is 26.7 Å². The van der Waals surface area contributed by atoms with Crippen molar-refractivity contribution in [1.29, 1.82) is 0 Å². The van der Waals surface area contributed by atoms with Gasteiger partial charge in [0.15, 0.2) is 17.3 Å². The molecule has 0 bridgehead atoms. The van der Waals surface area contributed by atoms with Crippen molar-refractivity contribution in [3.05, 3.63) is 87.7 Å². The minimum Gasteiger partial charge on any atom is -0.444 e. The van der Waals surface area contributed by atoms with Gasteiger partial charge in [-0.15, -0.1) is 0 Å². The highest BCUT2D eigenvalue weighted by Gasteiger charge is 2.43. The summed E-state index contributed by atoms with van der Waals surface area (Å²) in [7, 11) is 1.77. The average Bonchev–Trinajstić information content (AvgIpc) is 3.76. The van der Waals surface area contributed by atoms with E-state index in [-0.39, 0.29) is 34.2 Å². The van der Waals surface area contributed by atoms with Crippen molar-refractivity contribution in [3.8, 4) is 22.9 Å². The molecule has 48 heavy (non-hydrogen) atoms. The smallest absolute Gasteiger partial charge is 0.444 e. The normalized spacial score (nSPS) is 21.8. The zero-order valence-electron chi connectivity index (χ0n) is 26.3. The lowest BCUT2D eigenvalue weighted by molar-refractivity contribution is -0.144. The number of nitrogens with one attached hydrogen (secondary N) is 1. The second-order valence-corrected chi connectivity index (χ2v) is 13.2. The second kappa shape index (κ2) is 12.3. The van der Waals surface area contributed by atoms with Crippen LogP contribution in [0.15, 0.2) is 48.7 Å². The molecule has 0 aliphatic carbocycles. The number of alkyl halides is 3. The van der Waals surface area contributed by atoms with Crippen molar-refractivity contribution in [2.24, 2.45) is 5.92 Å². The molecule has 0 unspecified atom stereocenters. The van der Waals surface area contributed by atoms with Gasteiger partial charge in [0.05, 0.1) is 11.3 Å². The number of para-hydroxylation sites is 1. The molecule has 14 heteroatoms. The van der Waals surface area contributed by atoms with E-state index in [1.54, 1.807) is 37.1 Å². The van der Waals surface area contributed by atoms with Gasteiger partial charge >= 0.3 is 6.18 Å². The first-order valence-corrected chi connectivity index (χ1v) is 16.2. The fourth-order valence-electron chi connectivity index (χ4n) is 6.90. The minimum absolute atomic E-state index is 0.0425. The number of ether oxygens (including phenoxy) is 2. The number of pyridine rings is 1. The van der Waals surface area contributed by atoms with Crippen molar-refractivity contribution >= 4 is 17.5 Å². The standard InChI is InChI=1S/C34H33ClF4N6O3/c1-33(25-7-6-23(35)16-26(25)36)47-28-5-3-4-24(29(28)48-33)19-9-12-45(13-10-19)18-27-21(14-20-8-11-44(2)31(20)46)15-22(17-40-27)30-41-32(43-42-30)34(37,38)39/h3-7,15-17,19-20H,8-14,18H2,1-2H3,(H,41,42,43)/t20-,33-/m0/s1. The molecule has 9 nitrogen and oxygen atoms in total. The third kappa shape index (κ3) is 6.21. The highest BCUT2D eigenvalue weighted by atomic mass is 35.5. The molecule has 2 saturated heterocycles. The summed E-state index contributed by atoms with van der Waals surface area (Å²) in [6.45, 7) is 4.36. The molecule has 4 aromatic rings. The minimum atomic E-state index is -4.65. The Morgan fingerprint density at radius 2 is 1.88 bits per heavy atom. The quantitative estimate of drug-likeness (QED) is 0.216. The number of aromatic nitrogens is 4. The maximum Gasteiger partial charge on any atom is 0.451 e. The number of carbonyl (C=O) groups excluding carboxylic acids is 1. The predicted molar refractivity (Wildman–Crippen MR) is 168 cm³/mol. The zero-order chi connectivity index (χ0) is 33.8. The summed E-state index contributed by atoms with van der Waals surface area (Å²) in [5.74, 6) is -1.98. The van der Waals surface area contributed by atoms with Gasteiger partial charge in [0.2, 0.25) is 11.7 Å². The van der Waals surface area contributed by atoms with Crippen molar-refractivity contribution in [2.45, 2.75) is 57.0 Å². The molecule has 3 aliphatic heterocycles. The molecule has 252 valence electrons. The lowest BCUT2D eigenvalue weighted by Gasteiger charge is -2.33. The van der Waals surface area contributed by atoms with Gasteiger partial charge < -0.3 is 14.4 Å². The molecule has 2 aromatic heterocycles. The molecule has 0 radical (unpaired) electrons. The summed E-state index contributed by atoms with van der Waals surface area (Å²) in [5, 5.41) is 6.02. The highest BCUT2D eigenvalue weighted by molar-refractivity contribution is 6.30. The van der Waals surface area contributed by atoms with Crippen LogP contribution < -0.4 is 9.47 Å². The number of halogens is 5. The molecular weight excluding hydrogens is 652 g/mol. The summed E-state index contributed by atoms with van der Waals surface area (Å²) in [6, 6.07) is 11.9. The van der Waals surface area contributed by atoms with E-state index in [0.717, 1.165) is 42.8 Å². The van der Waals surface area contributed by atoms with Crippen LogP contribution in [0.4, 0.5) is 17.6 Å². The lowest BCUT2D eigenvalue weighted by atomic mass is 9.88. The molecule has 0 saturated carbocycles. The molecule has 3 aliphatic rings. The molecular formula is C34H33ClF4N6O3. The molecule has 7 rings (SSSR count). The Balaban J connectivity index is 1.07. The Bertz CT molecular complexity index is 1860. The van der Waals surface area contributed by atoms with Gasteiger partial charge in [0.25, 0.3) is 5.79 Å². The van der Waals surface area contributed by atoms with Gasteiger partial charge in [0.1, 0.15) is 5.82 Å². The largest absolute Gasteiger partial charge is 0.451 e. The van der Waals surface area contributed by atoms with Gasteiger partial charge in [-0.05, 0) is 80.6 Å². The molecule has 2 aromatic carbocycles. The zero-order valence-corrected chi connectivity index (χ0v) is 27.0. The number of likely N-dealkylation sites (tertiary alicyclic amines) is 2. The van der Waals surface area contributed by atoms with Crippen LogP contribution in [0.1, 0.15) is 60.3 Å². The number of fused-ring (bicyclic) bond motifs is 1. The Hall–Kier alpha value is -4.23. The SMILES string of the molecule is CN1CC[C@@H](Cc2cc(-c3n[nH]c(C(F)(F)F)n3)cnc2CN2CCC(c3cccc4c3O[C@@](C)(c3ccc(Cl)cc3F)O4)CC2)C1=O. The van der Waals surface area contributed by atoms with E-state index >= 15 is 0 Å². The Kier molecular flexibility index (Phi) is 8.31. The number of amides is 1. The van der Waals surface area contributed by atoms with Crippen LogP contribution >= 0.6 is 11.6 Å². The maximum atomic E-state index is 14.9. The number of rotatable bonds is 7. The van der Waals surface area contributed by atoms with Crippen LogP contribution in [-0.2, 0) is 29.7 Å². The van der Waals surface area contributed by atoms with E-state index < -0.39 is 23.6 Å². The van der Waals surface area contributed by atoms with E-state index in [1.807, 2.05) is 23.3 Å². The van der Waals surface area contributed by atoms with Gasteiger partial charge in [-0.1, -0.05) is 23.7 Å². The molecule has 1 N–H and O–H groups in total. The predicted octanol–water partition coefficient (Wildman–Crippen LogP) is 6.72. The van der Waals surface area contributed by atoms with Crippen LogP contribution in [0, 0.1) is 11.7 Å². The van der Waals surface area contributed by atoms with E-state index in [0.29, 0.717) is 43.0 Å². The van der Waals surface area contributed by atoms with Gasteiger partial charge in [0, 0.05) is 55.3 Å². The number of hydrogen-bond acceptors (Lipinski definition) is 7. The number of nitrogens with zero attached hydrogens (tertiary/aromatic N) is 5. The summed E-state index contributed by atoms with van der Waals surface area (Å²) in [6.07, 6.45) is -0.400. The lowest BCUT2D eigenvalue weighted by Crippen LogP contribution is -2.34. The number of H-pyrrole nitrogens is 1. The first kappa shape index (κ1) is 32.3. The number of hydrogen-bond donors (Lipinski definition) is 1. The average molecular weight is 685 g/mol. The van der Waals surface area contributed by atoms with Gasteiger partial charge in [-0.25, -0.2) is 9.37 Å². The first-order valence-electron chi connectivity index (χ1n) is 15.8. The van der Waals surface area contributed by atoms with Crippen LogP contribution in [0.3, 0.4) is 0 Å². The number of aromatic amines is 1. The van der Waals surface area contributed by atoms with Crippen LogP contribution in [-0.4, -0.2) is 62.6 Å². The Morgan fingerprint density at radius 1 is 1.08 bits per heavy atom. The van der Waals surface area contributed by atoms with E-state index in [9.17, 15) is 22.4 Å².